The maximum Gasteiger partial charge on any atom is 0.416 e. The third-order valence-corrected chi connectivity index (χ3v) is 3.06. The highest BCUT2D eigenvalue weighted by atomic mass is 19.4. The number of fused-ring (bicyclic) bond motifs is 1. The fourth-order valence-corrected chi connectivity index (χ4v) is 1.79. The molecule has 2 aromatic rings. The normalized spacial score (nSPS) is 13.4. The van der Waals surface area contributed by atoms with Gasteiger partial charge in [0.1, 0.15) is 0 Å². The van der Waals surface area contributed by atoms with Gasteiger partial charge in [0, 0.05) is 13.1 Å². The van der Waals surface area contributed by atoms with Crippen molar-refractivity contribution in [3.05, 3.63) is 42.2 Å². The lowest BCUT2D eigenvalue weighted by molar-refractivity contribution is -0.207. The molecule has 0 bridgehead atoms. The average molecular weight is 325 g/mol. The van der Waals surface area contributed by atoms with Gasteiger partial charge >= 0.3 is 6.18 Å². The summed E-state index contributed by atoms with van der Waals surface area (Å²) in [5, 5.41) is 8.94. The van der Waals surface area contributed by atoms with E-state index in [9.17, 15) is 18.0 Å². The first-order chi connectivity index (χ1) is 10.8. The lowest BCUT2D eigenvalue weighted by atomic mass is 10.3. The SMILES string of the molecule is CN(CC(O)C(F)(F)F)C(=O)/C=C/c1cnc2ccccc2n1. The Bertz CT molecular complexity index is 731. The maximum atomic E-state index is 12.2. The second-order valence-electron chi connectivity index (χ2n) is 4.89. The van der Waals surface area contributed by atoms with Crippen molar-refractivity contribution in [1.29, 1.82) is 0 Å². The smallest absolute Gasteiger partial charge is 0.382 e. The van der Waals surface area contributed by atoms with Crippen molar-refractivity contribution in [2.45, 2.75) is 12.3 Å². The molecule has 0 radical (unpaired) electrons. The summed E-state index contributed by atoms with van der Waals surface area (Å²) in [5.41, 5.74) is 1.74. The molecule has 0 aliphatic rings. The molecule has 0 aliphatic carbocycles. The van der Waals surface area contributed by atoms with Crippen molar-refractivity contribution in [3.63, 3.8) is 0 Å². The van der Waals surface area contributed by atoms with E-state index in [1.807, 2.05) is 6.07 Å². The molecule has 23 heavy (non-hydrogen) atoms. The molecule has 1 unspecified atom stereocenters. The number of alkyl halides is 3. The Morgan fingerprint density at radius 1 is 1.35 bits per heavy atom. The zero-order chi connectivity index (χ0) is 17.0. The Morgan fingerprint density at radius 3 is 2.65 bits per heavy atom. The molecule has 0 fully saturated rings. The van der Waals surface area contributed by atoms with Gasteiger partial charge in [-0.1, -0.05) is 12.1 Å². The van der Waals surface area contributed by atoms with Crippen molar-refractivity contribution in [2.24, 2.45) is 0 Å². The molecule has 1 aromatic heterocycles. The van der Waals surface area contributed by atoms with Crippen LogP contribution in [-0.2, 0) is 4.79 Å². The van der Waals surface area contributed by atoms with Crippen LogP contribution in [0.15, 0.2) is 36.5 Å². The average Bonchev–Trinajstić information content (AvgIpc) is 2.51. The minimum atomic E-state index is -4.76. The Labute approximate surface area is 130 Å². The van der Waals surface area contributed by atoms with E-state index in [1.165, 1.54) is 19.3 Å². The number of hydrogen-bond donors (Lipinski definition) is 1. The van der Waals surface area contributed by atoms with Gasteiger partial charge in [0.25, 0.3) is 0 Å². The number of likely N-dealkylation sites (N-methyl/N-ethyl adjacent to an activating group) is 1. The van der Waals surface area contributed by atoms with Gasteiger partial charge < -0.3 is 10.0 Å². The fraction of sp³-hybridized carbons (Fsp3) is 0.267. The number of rotatable bonds is 4. The van der Waals surface area contributed by atoms with E-state index in [-0.39, 0.29) is 0 Å². The molecule has 0 saturated carbocycles. The predicted molar refractivity (Wildman–Crippen MR) is 78.3 cm³/mol. The molecule has 1 atom stereocenters. The van der Waals surface area contributed by atoms with Gasteiger partial charge in [-0.25, -0.2) is 4.98 Å². The fourth-order valence-electron chi connectivity index (χ4n) is 1.79. The Kier molecular flexibility index (Phi) is 4.95. The molecular weight excluding hydrogens is 311 g/mol. The van der Waals surface area contributed by atoms with Crippen LogP contribution in [0.4, 0.5) is 13.2 Å². The Morgan fingerprint density at radius 2 is 2.00 bits per heavy atom. The third kappa shape index (κ3) is 4.49. The summed E-state index contributed by atoms with van der Waals surface area (Å²) in [6, 6.07) is 7.15. The highest BCUT2D eigenvalue weighted by Crippen LogP contribution is 2.20. The summed E-state index contributed by atoms with van der Waals surface area (Å²) in [4.78, 5) is 21.0. The van der Waals surface area contributed by atoms with E-state index in [0.29, 0.717) is 16.7 Å². The maximum absolute atomic E-state index is 12.2. The van der Waals surface area contributed by atoms with Crippen molar-refractivity contribution in [3.8, 4) is 0 Å². The second-order valence-corrected chi connectivity index (χ2v) is 4.89. The minimum Gasteiger partial charge on any atom is -0.382 e. The van der Waals surface area contributed by atoms with E-state index in [0.717, 1.165) is 11.0 Å². The molecule has 1 N–H and O–H groups in total. The van der Waals surface area contributed by atoms with Crippen molar-refractivity contribution in [1.82, 2.24) is 14.9 Å². The van der Waals surface area contributed by atoms with E-state index in [2.05, 4.69) is 9.97 Å². The van der Waals surface area contributed by atoms with Gasteiger partial charge in [0.2, 0.25) is 5.91 Å². The van der Waals surface area contributed by atoms with Crippen LogP contribution in [0.3, 0.4) is 0 Å². The van der Waals surface area contributed by atoms with E-state index >= 15 is 0 Å². The van der Waals surface area contributed by atoms with Gasteiger partial charge in [0.05, 0.1) is 29.5 Å². The number of amides is 1. The second kappa shape index (κ2) is 6.74. The minimum absolute atomic E-state index is 0.404. The molecule has 0 spiro atoms. The number of aliphatic hydroxyl groups excluding tert-OH is 1. The number of benzene rings is 1. The summed E-state index contributed by atoms with van der Waals surface area (Å²) in [6.07, 6.45) is -3.44. The van der Waals surface area contributed by atoms with E-state index in [1.54, 1.807) is 18.2 Å². The van der Waals surface area contributed by atoms with Crippen molar-refractivity contribution in [2.75, 3.05) is 13.6 Å². The summed E-state index contributed by atoms with van der Waals surface area (Å²) >= 11 is 0. The summed E-state index contributed by atoms with van der Waals surface area (Å²) in [5.74, 6) is -0.678. The molecule has 122 valence electrons. The van der Waals surface area contributed by atoms with Gasteiger partial charge in [-0.05, 0) is 18.2 Å². The highest BCUT2D eigenvalue weighted by molar-refractivity contribution is 5.91. The molecule has 2 rings (SSSR count). The number of aromatic nitrogens is 2. The standard InChI is InChI=1S/C15H14F3N3O2/c1-21(9-13(22)15(16,17)18)14(23)7-6-10-8-19-11-4-2-3-5-12(11)20-10/h2-8,13,22H,9H2,1H3/b7-6+. The first kappa shape index (κ1) is 16.9. The van der Waals surface area contributed by atoms with Crippen molar-refractivity contribution < 1.29 is 23.1 Å². The molecule has 1 amide bonds. The number of hydrogen-bond acceptors (Lipinski definition) is 4. The lowest BCUT2D eigenvalue weighted by Crippen LogP contribution is -2.41. The molecule has 0 aliphatic heterocycles. The van der Waals surface area contributed by atoms with Crippen LogP contribution in [-0.4, -0.2) is 51.8 Å². The number of aliphatic hydroxyl groups is 1. The van der Waals surface area contributed by atoms with Gasteiger partial charge in [0.15, 0.2) is 6.10 Å². The van der Waals surface area contributed by atoms with Crippen LogP contribution in [0.2, 0.25) is 0 Å². The van der Waals surface area contributed by atoms with Crippen LogP contribution < -0.4 is 0 Å². The van der Waals surface area contributed by atoms with Gasteiger partial charge in [-0.2, -0.15) is 13.2 Å². The quantitative estimate of drug-likeness (QED) is 0.874. The van der Waals surface area contributed by atoms with Crippen LogP contribution in [0, 0.1) is 0 Å². The molecule has 1 aromatic carbocycles. The van der Waals surface area contributed by atoms with Crippen LogP contribution in [0.5, 0.6) is 0 Å². The molecular formula is C15H14F3N3O2. The number of carbonyl (C=O) groups is 1. The molecule has 0 saturated heterocycles. The van der Waals surface area contributed by atoms with E-state index in [4.69, 9.17) is 5.11 Å². The topological polar surface area (TPSA) is 66.3 Å². The first-order valence-electron chi connectivity index (χ1n) is 6.67. The van der Waals surface area contributed by atoms with Gasteiger partial charge in [-0.3, -0.25) is 9.78 Å². The monoisotopic (exact) mass is 325 g/mol. The zero-order valence-corrected chi connectivity index (χ0v) is 12.2. The Balaban J connectivity index is 2.04. The molecule has 8 heteroatoms. The zero-order valence-electron chi connectivity index (χ0n) is 12.2. The summed E-state index contributed by atoms with van der Waals surface area (Å²) < 4.78 is 36.7. The molecule has 5 nitrogen and oxygen atoms in total. The molecule has 1 heterocycles. The van der Waals surface area contributed by atoms with Crippen LogP contribution >= 0.6 is 0 Å². The first-order valence-corrected chi connectivity index (χ1v) is 6.67. The van der Waals surface area contributed by atoms with E-state index < -0.39 is 24.7 Å². The number of carbonyl (C=O) groups excluding carboxylic acids is 1. The van der Waals surface area contributed by atoms with Gasteiger partial charge in [-0.15, -0.1) is 0 Å². The third-order valence-electron chi connectivity index (χ3n) is 3.06. The lowest BCUT2D eigenvalue weighted by Gasteiger charge is -2.21. The number of nitrogens with zero attached hydrogens (tertiary/aromatic N) is 3. The Hall–Kier alpha value is -2.48. The summed E-state index contributed by atoms with van der Waals surface area (Å²) in [6.45, 7) is -0.837. The highest BCUT2D eigenvalue weighted by Gasteiger charge is 2.39. The number of para-hydroxylation sites is 2. The number of halogens is 3. The predicted octanol–water partition coefficient (Wildman–Crippen LogP) is 2.02. The van der Waals surface area contributed by atoms with Crippen molar-refractivity contribution >= 4 is 23.0 Å². The largest absolute Gasteiger partial charge is 0.416 e. The van der Waals surface area contributed by atoms with Crippen LogP contribution in [0.1, 0.15) is 5.69 Å². The van der Waals surface area contributed by atoms with Crippen LogP contribution in [0.25, 0.3) is 17.1 Å². The summed E-state index contributed by atoms with van der Waals surface area (Å²) in [7, 11) is 1.17.